The van der Waals surface area contributed by atoms with Gasteiger partial charge in [0.05, 0.1) is 6.61 Å². The van der Waals surface area contributed by atoms with E-state index >= 15 is 0 Å². The fourth-order valence-corrected chi connectivity index (χ4v) is 0.798. The minimum absolute atomic E-state index is 0. The Morgan fingerprint density at radius 2 is 1.80 bits per heavy atom. The molecule has 10 heavy (non-hydrogen) atoms. The van der Waals surface area contributed by atoms with Gasteiger partial charge in [-0.15, -0.1) is 12.4 Å². The molecule has 0 aliphatic rings. The standard InChI is InChI=1S/C7H17NO.ClH/c1-7(2,3)6(5-9)8-4;/h6,8-9H,5H2,1-4H3;1H/t6-;/m0./s1. The van der Waals surface area contributed by atoms with Crippen LogP contribution in [0.1, 0.15) is 20.8 Å². The summed E-state index contributed by atoms with van der Waals surface area (Å²) in [6, 6.07) is 0.206. The summed E-state index contributed by atoms with van der Waals surface area (Å²) in [6.07, 6.45) is 0. The lowest BCUT2D eigenvalue weighted by atomic mass is 9.87. The van der Waals surface area contributed by atoms with E-state index in [2.05, 4.69) is 26.1 Å². The normalized spacial score (nSPS) is 14.1. The van der Waals surface area contributed by atoms with Crippen LogP contribution in [0, 0.1) is 5.41 Å². The van der Waals surface area contributed by atoms with Crippen molar-refractivity contribution in [2.75, 3.05) is 13.7 Å². The maximum absolute atomic E-state index is 8.80. The third kappa shape index (κ3) is 4.09. The van der Waals surface area contributed by atoms with Gasteiger partial charge in [-0.05, 0) is 12.5 Å². The Morgan fingerprint density at radius 3 is 1.80 bits per heavy atom. The average Bonchev–Trinajstić information content (AvgIpc) is 1.65. The Bertz CT molecular complexity index is 76.2. The number of nitrogens with one attached hydrogen (secondary N) is 1. The zero-order valence-electron chi connectivity index (χ0n) is 7.14. The van der Waals surface area contributed by atoms with Gasteiger partial charge in [-0.3, -0.25) is 0 Å². The van der Waals surface area contributed by atoms with Crippen molar-refractivity contribution in [1.29, 1.82) is 0 Å². The van der Waals surface area contributed by atoms with E-state index in [4.69, 9.17) is 5.11 Å². The van der Waals surface area contributed by atoms with E-state index in [1.807, 2.05) is 7.05 Å². The van der Waals surface area contributed by atoms with Crippen LogP contribution in [-0.4, -0.2) is 24.8 Å². The predicted octanol–water partition coefficient (Wildman–Crippen LogP) is 1.03. The van der Waals surface area contributed by atoms with Crippen molar-refractivity contribution >= 4 is 12.4 Å². The monoisotopic (exact) mass is 167 g/mol. The maximum Gasteiger partial charge on any atom is 0.0589 e. The Kier molecular flexibility index (Phi) is 6.35. The van der Waals surface area contributed by atoms with E-state index in [-0.39, 0.29) is 30.5 Å². The van der Waals surface area contributed by atoms with Crippen LogP contribution < -0.4 is 5.32 Å². The van der Waals surface area contributed by atoms with Crippen LogP contribution >= 0.6 is 12.4 Å². The van der Waals surface area contributed by atoms with Crippen molar-refractivity contribution in [3.8, 4) is 0 Å². The predicted molar refractivity (Wildman–Crippen MR) is 46.6 cm³/mol. The van der Waals surface area contributed by atoms with Crippen LogP contribution in [0.4, 0.5) is 0 Å². The second-order valence-corrected chi connectivity index (χ2v) is 3.39. The number of halogens is 1. The minimum Gasteiger partial charge on any atom is -0.395 e. The molecular weight excluding hydrogens is 150 g/mol. The average molecular weight is 168 g/mol. The van der Waals surface area contributed by atoms with Gasteiger partial charge in [0.2, 0.25) is 0 Å². The second-order valence-electron chi connectivity index (χ2n) is 3.39. The van der Waals surface area contributed by atoms with Crippen molar-refractivity contribution in [2.45, 2.75) is 26.8 Å². The summed E-state index contributed by atoms with van der Waals surface area (Å²) in [5, 5.41) is 11.8. The number of aliphatic hydroxyl groups excluding tert-OH is 1. The molecule has 64 valence electrons. The Labute approximate surface area is 69.4 Å². The summed E-state index contributed by atoms with van der Waals surface area (Å²) in [5.41, 5.74) is 0.156. The van der Waals surface area contributed by atoms with Crippen LogP contribution in [-0.2, 0) is 0 Å². The van der Waals surface area contributed by atoms with E-state index in [1.54, 1.807) is 0 Å². The molecular formula is C7H18ClNO. The first kappa shape index (κ1) is 12.8. The molecule has 0 rings (SSSR count). The van der Waals surface area contributed by atoms with Crippen LogP contribution in [0.3, 0.4) is 0 Å². The SMILES string of the molecule is CN[C@@H](CO)C(C)(C)C.Cl. The van der Waals surface area contributed by atoms with E-state index in [9.17, 15) is 0 Å². The van der Waals surface area contributed by atoms with E-state index in [0.29, 0.717) is 0 Å². The number of hydrogen-bond donors (Lipinski definition) is 2. The summed E-state index contributed by atoms with van der Waals surface area (Å²) in [5.74, 6) is 0. The molecule has 2 nitrogen and oxygen atoms in total. The fraction of sp³-hybridized carbons (Fsp3) is 1.00. The topological polar surface area (TPSA) is 32.3 Å². The number of rotatable bonds is 2. The molecule has 0 aliphatic heterocycles. The second kappa shape index (κ2) is 4.94. The van der Waals surface area contributed by atoms with Gasteiger partial charge in [0, 0.05) is 6.04 Å². The lowest BCUT2D eigenvalue weighted by Gasteiger charge is -2.28. The molecule has 0 spiro atoms. The van der Waals surface area contributed by atoms with Gasteiger partial charge in [0.1, 0.15) is 0 Å². The van der Waals surface area contributed by atoms with E-state index in [0.717, 1.165) is 0 Å². The lowest BCUT2D eigenvalue weighted by Crippen LogP contribution is -2.40. The quantitative estimate of drug-likeness (QED) is 0.644. The molecule has 0 saturated carbocycles. The zero-order chi connectivity index (χ0) is 7.49. The summed E-state index contributed by atoms with van der Waals surface area (Å²) < 4.78 is 0. The van der Waals surface area contributed by atoms with Gasteiger partial charge < -0.3 is 10.4 Å². The van der Waals surface area contributed by atoms with Gasteiger partial charge in [0.15, 0.2) is 0 Å². The first-order valence-electron chi connectivity index (χ1n) is 3.30. The van der Waals surface area contributed by atoms with Gasteiger partial charge in [-0.1, -0.05) is 20.8 Å². The first-order chi connectivity index (χ1) is 4.02. The third-order valence-corrected chi connectivity index (χ3v) is 1.58. The summed E-state index contributed by atoms with van der Waals surface area (Å²) >= 11 is 0. The van der Waals surface area contributed by atoms with Crippen molar-refractivity contribution in [3.63, 3.8) is 0 Å². The Morgan fingerprint density at radius 1 is 1.40 bits per heavy atom. The summed E-state index contributed by atoms with van der Waals surface area (Å²) in [7, 11) is 1.87. The molecule has 0 aromatic carbocycles. The molecule has 0 heterocycles. The van der Waals surface area contributed by atoms with E-state index in [1.165, 1.54) is 0 Å². The molecule has 0 fully saturated rings. The largest absolute Gasteiger partial charge is 0.395 e. The highest BCUT2D eigenvalue weighted by molar-refractivity contribution is 5.85. The molecule has 0 unspecified atom stereocenters. The van der Waals surface area contributed by atoms with Gasteiger partial charge in [-0.2, -0.15) is 0 Å². The van der Waals surface area contributed by atoms with Gasteiger partial charge >= 0.3 is 0 Å². The lowest BCUT2D eigenvalue weighted by molar-refractivity contribution is 0.166. The maximum atomic E-state index is 8.80. The molecule has 0 radical (unpaired) electrons. The molecule has 0 saturated heterocycles. The van der Waals surface area contributed by atoms with Crippen molar-refractivity contribution in [1.82, 2.24) is 5.32 Å². The number of likely N-dealkylation sites (N-methyl/N-ethyl adjacent to an activating group) is 1. The van der Waals surface area contributed by atoms with Crippen molar-refractivity contribution in [2.24, 2.45) is 5.41 Å². The molecule has 0 aromatic rings. The summed E-state index contributed by atoms with van der Waals surface area (Å²) in [4.78, 5) is 0. The number of hydrogen-bond acceptors (Lipinski definition) is 2. The molecule has 0 bridgehead atoms. The molecule has 3 heteroatoms. The van der Waals surface area contributed by atoms with Crippen LogP contribution in [0.25, 0.3) is 0 Å². The number of aliphatic hydroxyl groups is 1. The van der Waals surface area contributed by atoms with Gasteiger partial charge in [-0.25, -0.2) is 0 Å². The molecule has 0 aromatic heterocycles. The zero-order valence-corrected chi connectivity index (χ0v) is 7.96. The Balaban J connectivity index is 0. The molecule has 1 atom stereocenters. The van der Waals surface area contributed by atoms with E-state index < -0.39 is 0 Å². The molecule has 0 amide bonds. The smallest absolute Gasteiger partial charge is 0.0589 e. The van der Waals surface area contributed by atoms with Crippen molar-refractivity contribution < 1.29 is 5.11 Å². The van der Waals surface area contributed by atoms with Crippen molar-refractivity contribution in [3.05, 3.63) is 0 Å². The minimum atomic E-state index is 0. The first-order valence-corrected chi connectivity index (χ1v) is 3.30. The van der Waals surface area contributed by atoms with Crippen LogP contribution in [0.2, 0.25) is 0 Å². The van der Waals surface area contributed by atoms with Gasteiger partial charge in [0.25, 0.3) is 0 Å². The highest BCUT2D eigenvalue weighted by atomic mass is 35.5. The summed E-state index contributed by atoms with van der Waals surface area (Å²) in [6.45, 7) is 6.51. The highest BCUT2D eigenvalue weighted by Crippen LogP contribution is 2.17. The highest BCUT2D eigenvalue weighted by Gasteiger charge is 2.21. The van der Waals surface area contributed by atoms with Crippen LogP contribution in [0.5, 0.6) is 0 Å². The Hall–Kier alpha value is 0.210. The fourth-order valence-electron chi connectivity index (χ4n) is 0.798. The molecule has 0 aliphatic carbocycles. The van der Waals surface area contributed by atoms with Crippen LogP contribution in [0.15, 0.2) is 0 Å². The third-order valence-electron chi connectivity index (χ3n) is 1.58. The molecule has 2 N–H and O–H groups in total.